The van der Waals surface area contributed by atoms with E-state index in [0.29, 0.717) is 31.1 Å². The monoisotopic (exact) mass is 483 g/mol. The number of ether oxygens (including phenoxy) is 2. The van der Waals surface area contributed by atoms with Crippen molar-refractivity contribution in [2.45, 2.75) is 58.4 Å². The smallest absolute Gasteiger partial charge is 0.334 e. The highest BCUT2D eigenvalue weighted by Gasteiger charge is 2.45. The maximum atomic E-state index is 12.9. The normalized spacial score (nSPS) is 19.1. The van der Waals surface area contributed by atoms with Crippen molar-refractivity contribution >= 4 is 23.8 Å². The van der Waals surface area contributed by atoms with E-state index in [4.69, 9.17) is 9.47 Å². The number of benzene rings is 1. The van der Waals surface area contributed by atoms with Crippen LogP contribution in [0, 0.1) is 5.92 Å². The van der Waals surface area contributed by atoms with Crippen molar-refractivity contribution in [1.82, 2.24) is 15.1 Å². The van der Waals surface area contributed by atoms with Crippen molar-refractivity contribution in [3.63, 3.8) is 0 Å². The predicted octanol–water partition coefficient (Wildman–Crippen LogP) is 3.34. The number of rotatable bonds is 8. The summed E-state index contributed by atoms with van der Waals surface area (Å²) in [4.78, 5) is 52.3. The first-order chi connectivity index (χ1) is 16.8. The van der Waals surface area contributed by atoms with Gasteiger partial charge in [-0.15, -0.1) is 0 Å². The SMILES string of the molecule is CC(C)[C@@H](NC(=O)CN1C(=O)C(=O)N(CCC2=CCCCC2)C1=O)c1ccc2c(c1)OCCCO2. The van der Waals surface area contributed by atoms with Crippen LogP contribution in [0.1, 0.15) is 64.0 Å². The van der Waals surface area contributed by atoms with Crippen LogP contribution in [0.5, 0.6) is 11.5 Å². The number of carbonyl (C=O) groups is 4. The summed E-state index contributed by atoms with van der Waals surface area (Å²) in [5.74, 6) is -1.03. The fraction of sp³-hybridized carbons (Fsp3) is 0.538. The summed E-state index contributed by atoms with van der Waals surface area (Å²) >= 11 is 0. The molecule has 1 saturated heterocycles. The molecule has 1 N–H and O–H groups in total. The van der Waals surface area contributed by atoms with Gasteiger partial charge in [0.2, 0.25) is 5.91 Å². The van der Waals surface area contributed by atoms with E-state index in [0.717, 1.165) is 47.5 Å². The molecule has 0 radical (unpaired) electrons. The number of amides is 5. The van der Waals surface area contributed by atoms with Crippen LogP contribution >= 0.6 is 0 Å². The standard InChI is InChI=1S/C26H33N3O6/c1-17(2)23(19-9-10-20-21(15-19)35-14-6-13-34-20)27-22(30)16-29-25(32)24(31)28(26(29)33)12-11-18-7-4-3-5-8-18/h7,9-10,15,17,23H,3-6,8,11-14,16H2,1-2H3,(H,27,30)/t23-/m1/s1. The number of hydrogen-bond donors (Lipinski definition) is 1. The molecule has 5 amide bonds. The highest BCUT2D eigenvalue weighted by molar-refractivity contribution is 6.45. The molecular formula is C26H33N3O6. The Balaban J connectivity index is 1.40. The molecule has 2 heterocycles. The minimum Gasteiger partial charge on any atom is -0.490 e. The fourth-order valence-corrected chi connectivity index (χ4v) is 4.65. The second-order valence-electron chi connectivity index (χ2n) is 9.53. The van der Waals surface area contributed by atoms with E-state index < -0.39 is 30.3 Å². The lowest BCUT2D eigenvalue weighted by Crippen LogP contribution is -2.43. The van der Waals surface area contributed by atoms with Crippen LogP contribution in [0.4, 0.5) is 4.79 Å². The third kappa shape index (κ3) is 5.66. The van der Waals surface area contributed by atoms with Gasteiger partial charge in [0, 0.05) is 13.0 Å². The molecule has 0 saturated carbocycles. The van der Waals surface area contributed by atoms with Crippen molar-refractivity contribution in [2.24, 2.45) is 5.92 Å². The predicted molar refractivity (Wildman–Crippen MR) is 128 cm³/mol. The lowest BCUT2D eigenvalue weighted by atomic mass is 9.95. The lowest BCUT2D eigenvalue weighted by molar-refractivity contribution is -0.144. The maximum Gasteiger partial charge on any atom is 0.334 e. The van der Waals surface area contributed by atoms with Gasteiger partial charge in [-0.05, 0) is 55.7 Å². The number of fused-ring (bicyclic) bond motifs is 1. The summed E-state index contributed by atoms with van der Waals surface area (Å²) in [6.45, 7) is 4.71. The highest BCUT2D eigenvalue weighted by atomic mass is 16.5. The molecule has 9 heteroatoms. The molecule has 0 spiro atoms. The van der Waals surface area contributed by atoms with Gasteiger partial charge in [0.15, 0.2) is 11.5 Å². The zero-order chi connectivity index (χ0) is 24.9. The van der Waals surface area contributed by atoms with E-state index in [1.54, 1.807) is 0 Å². The summed E-state index contributed by atoms with van der Waals surface area (Å²) in [6.07, 6.45) is 7.70. The van der Waals surface area contributed by atoms with E-state index in [2.05, 4.69) is 11.4 Å². The molecule has 0 aromatic heterocycles. The van der Waals surface area contributed by atoms with E-state index in [-0.39, 0.29) is 18.5 Å². The van der Waals surface area contributed by atoms with Crippen LogP contribution in [-0.4, -0.2) is 59.9 Å². The number of imide groups is 2. The Morgan fingerprint density at radius 1 is 1.00 bits per heavy atom. The number of nitrogens with zero attached hydrogens (tertiary/aromatic N) is 2. The molecule has 35 heavy (non-hydrogen) atoms. The average molecular weight is 484 g/mol. The summed E-state index contributed by atoms with van der Waals surface area (Å²) in [6, 6.07) is 4.43. The molecule has 0 unspecified atom stereocenters. The Morgan fingerprint density at radius 2 is 1.74 bits per heavy atom. The molecule has 1 atom stereocenters. The summed E-state index contributed by atoms with van der Waals surface area (Å²) in [7, 11) is 0. The second-order valence-corrected chi connectivity index (χ2v) is 9.53. The molecule has 188 valence electrons. The number of hydrogen-bond acceptors (Lipinski definition) is 6. The van der Waals surface area contributed by atoms with Crippen molar-refractivity contribution in [1.29, 1.82) is 0 Å². The van der Waals surface area contributed by atoms with Crippen LogP contribution < -0.4 is 14.8 Å². The van der Waals surface area contributed by atoms with E-state index >= 15 is 0 Å². The third-order valence-corrected chi connectivity index (χ3v) is 6.59. The minimum atomic E-state index is -0.959. The van der Waals surface area contributed by atoms with Crippen LogP contribution in [0.2, 0.25) is 0 Å². The Labute approximate surface area is 205 Å². The second kappa shape index (κ2) is 10.9. The Kier molecular flexibility index (Phi) is 7.73. The van der Waals surface area contributed by atoms with Crippen molar-refractivity contribution in [3.8, 4) is 11.5 Å². The molecule has 1 fully saturated rings. The van der Waals surface area contributed by atoms with Gasteiger partial charge in [-0.1, -0.05) is 31.6 Å². The van der Waals surface area contributed by atoms with Gasteiger partial charge in [-0.25, -0.2) is 9.69 Å². The zero-order valence-electron chi connectivity index (χ0n) is 20.4. The minimum absolute atomic E-state index is 0.0237. The molecule has 0 bridgehead atoms. The Morgan fingerprint density at radius 3 is 2.46 bits per heavy atom. The van der Waals surface area contributed by atoms with Crippen LogP contribution in [-0.2, 0) is 14.4 Å². The van der Waals surface area contributed by atoms with Crippen molar-refractivity contribution in [3.05, 3.63) is 35.4 Å². The first kappa shape index (κ1) is 24.8. The Hall–Kier alpha value is -3.36. The Bertz CT molecular complexity index is 1030. The first-order valence-corrected chi connectivity index (χ1v) is 12.4. The van der Waals surface area contributed by atoms with E-state index in [9.17, 15) is 19.2 Å². The van der Waals surface area contributed by atoms with Crippen LogP contribution in [0.15, 0.2) is 29.8 Å². The largest absolute Gasteiger partial charge is 0.490 e. The summed E-state index contributed by atoms with van der Waals surface area (Å²) in [5, 5.41) is 2.92. The van der Waals surface area contributed by atoms with E-state index in [1.807, 2.05) is 32.0 Å². The van der Waals surface area contributed by atoms with Crippen molar-refractivity contribution in [2.75, 3.05) is 26.3 Å². The van der Waals surface area contributed by atoms with Crippen LogP contribution in [0.3, 0.4) is 0 Å². The van der Waals surface area contributed by atoms with Gasteiger partial charge in [0.05, 0.1) is 19.3 Å². The van der Waals surface area contributed by atoms with E-state index in [1.165, 1.54) is 5.57 Å². The third-order valence-electron chi connectivity index (χ3n) is 6.59. The molecule has 1 aliphatic carbocycles. The molecule has 9 nitrogen and oxygen atoms in total. The number of nitrogens with one attached hydrogen (secondary N) is 1. The molecular weight excluding hydrogens is 450 g/mol. The zero-order valence-corrected chi connectivity index (χ0v) is 20.4. The number of allylic oxidation sites excluding steroid dienone is 1. The van der Waals surface area contributed by atoms with Gasteiger partial charge in [0.25, 0.3) is 0 Å². The van der Waals surface area contributed by atoms with Gasteiger partial charge in [0.1, 0.15) is 6.54 Å². The summed E-state index contributed by atoms with van der Waals surface area (Å²) in [5.41, 5.74) is 2.03. The highest BCUT2D eigenvalue weighted by Crippen LogP contribution is 2.34. The van der Waals surface area contributed by atoms with Gasteiger partial charge in [-0.3, -0.25) is 19.3 Å². The van der Waals surface area contributed by atoms with Gasteiger partial charge < -0.3 is 14.8 Å². The molecule has 1 aromatic carbocycles. The topological polar surface area (TPSA) is 105 Å². The molecule has 3 aliphatic rings. The lowest BCUT2D eigenvalue weighted by Gasteiger charge is -2.25. The van der Waals surface area contributed by atoms with Crippen molar-refractivity contribution < 1.29 is 28.7 Å². The molecule has 4 rings (SSSR count). The van der Waals surface area contributed by atoms with Gasteiger partial charge in [-0.2, -0.15) is 0 Å². The summed E-state index contributed by atoms with van der Waals surface area (Å²) < 4.78 is 11.4. The molecule has 2 aliphatic heterocycles. The van der Waals surface area contributed by atoms with Gasteiger partial charge >= 0.3 is 17.8 Å². The maximum absolute atomic E-state index is 12.9. The average Bonchev–Trinajstić information content (AvgIpc) is 3.01. The number of carbonyl (C=O) groups excluding carboxylic acids is 4. The van der Waals surface area contributed by atoms with Crippen LogP contribution in [0.25, 0.3) is 0 Å². The molecule has 1 aromatic rings. The fourth-order valence-electron chi connectivity index (χ4n) is 4.65. The quantitative estimate of drug-likeness (QED) is 0.345. The first-order valence-electron chi connectivity index (χ1n) is 12.4. The number of urea groups is 1.